The number of H-pyrrole nitrogens is 1. The maximum absolute atomic E-state index is 12.6. The van der Waals surface area contributed by atoms with Gasteiger partial charge in [-0.05, 0) is 49.0 Å². The lowest BCUT2D eigenvalue weighted by atomic mass is 10.1. The summed E-state index contributed by atoms with van der Waals surface area (Å²) in [5.41, 5.74) is 4.28. The van der Waals surface area contributed by atoms with Gasteiger partial charge in [-0.3, -0.25) is 14.7 Å². The maximum atomic E-state index is 12.6. The van der Waals surface area contributed by atoms with Crippen LogP contribution in [0.2, 0.25) is 0 Å². The molecule has 162 valence electrons. The topological polar surface area (TPSA) is 83.0 Å². The van der Waals surface area contributed by atoms with Crippen LogP contribution in [0.15, 0.2) is 83.9 Å². The van der Waals surface area contributed by atoms with Crippen molar-refractivity contribution in [1.29, 1.82) is 0 Å². The molecule has 0 spiro atoms. The average Bonchev–Trinajstić information content (AvgIpc) is 3.24. The molecule has 0 unspecified atom stereocenters. The van der Waals surface area contributed by atoms with Gasteiger partial charge in [-0.25, -0.2) is 0 Å². The van der Waals surface area contributed by atoms with Crippen molar-refractivity contribution >= 4 is 22.5 Å². The van der Waals surface area contributed by atoms with E-state index in [-0.39, 0.29) is 11.5 Å². The molecule has 0 bridgehead atoms. The van der Waals surface area contributed by atoms with Crippen molar-refractivity contribution in [3.8, 4) is 11.1 Å². The van der Waals surface area contributed by atoms with Crippen LogP contribution in [0, 0.1) is 0 Å². The Labute approximate surface area is 186 Å². The second kappa shape index (κ2) is 9.45. The minimum absolute atomic E-state index is 0.108. The fraction of sp³-hybridized carbons (Fsp3) is 0.160. The third kappa shape index (κ3) is 5.01. The van der Waals surface area contributed by atoms with E-state index in [9.17, 15) is 9.59 Å². The van der Waals surface area contributed by atoms with Crippen molar-refractivity contribution in [3.63, 3.8) is 0 Å². The molecule has 0 saturated carbocycles. The summed E-state index contributed by atoms with van der Waals surface area (Å²) >= 11 is 0. The third-order valence-corrected chi connectivity index (χ3v) is 5.11. The van der Waals surface area contributed by atoms with Crippen LogP contribution in [-0.4, -0.2) is 46.2 Å². The summed E-state index contributed by atoms with van der Waals surface area (Å²) in [5, 5.41) is 11.0. The minimum atomic E-state index is -0.201. The summed E-state index contributed by atoms with van der Waals surface area (Å²) in [6.07, 6.45) is 6.95. The molecule has 7 nitrogen and oxygen atoms in total. The van der Waals surface area contributed by atoms with Gasteiger partial charge in [0.1, 0.15) is 0 Å². The first-order valence-corrected chi connectivity index (χ1v) is 10.3. The number of aromatic amines is 1. The number of hydrogen-bond acceptors (Lipinski definition) is 4. The van der Waals surface area contributed by atoms with Crippen molar-refractivity contribution < 1.29 is 4.79 Å². The fourth-order valence-corrected chi connectivity index (χ4v) is 3.45. The smallest absolute Gasteiger partial charge is 0.250 e. The van der Waals surface area contributed by atoms with E-state index in [1.54, 1.807) is 16.8 Å². The summed E-state index contributed by atoms with van der Waals surface area (Å²) in [6.45, 7) is 1.03. The number of amides is 1. The molecule has 32 heavy (non-hydrogen) atoms. The fourth-order valence-electron chi connectivity index (χ4n) is 3.45. The molecule has 2 aromatic heterocycles. The van der Waals surface area contributed by atoms with Crippen LogP contribution in [0.25, 0.3) is 22.0 Å². The van der Waals surface area contributed by atoms with Crippen LogP contribution in [-0.2, 0) is 11.3 Å². The highest BCUT2D eigenvalue weighted by Crippen LogP contribution is 2.23. The number of fused-ring (bicyclic) bond motifs is 1. The molecule has 7 heteroatoms. The van der Waals surface area contributed by atoms with E-state index in [1.807, 2.05) is 79.8 Å². The van der Waals surface area contributed by atoms with Crippen LogP contribution in [0.5, 0.6) is 0 Å². The average molecular weight is 428 g/mol. The first-order valence-electron chi connectivity index (χ1n) is 10.3. The molecule has 0 saturated heterocycles. The highest BCUT2D eigenvalue weighted by atomic mass is 16.1. The number of nitrogens with one attached hydrogen (secondary N) is 2. The Morgan fingerprint density at radius 1 is 1.12 bits per heavy atom. The van der Waals surface area contributed by atoms with Crippen LogP contribution >= 0.6 is 0 Å². The Kier molecular flexibility index (Phi) is 6.28. The normalized spacial score (nSPS) is 11.5. The van der Waals surface area contributed by atoms with Gasteiger partial charge in [0.15, 0.2) is 0 Å². The molecular formula is C25H25N5O2. The van der Waals surface area contributed by atoms with Crippen molar-refractivity contribution in [1.82, 2.24) is 19.7 Å². The summed E-state index contributed by atoms with van der Waals surface area (Å²) < 4.78 is 1.65. The number of aromatic nitrogens is 3. The largest absolute Gasteiger partial charge is 0.322 e. The van der Waals surface area contributed by atoms with Crippen molar-refractivity contribution in [2.75, 3.05) is 26.0 Å². The molecule has 0 radical (unpaired) electrons. The molecular weight excluding hydrogens is 402 g/mol. The van der Waals surface area contributed by atoms with Crippen LogP contribution in [0.4, 0.5) is 5.69 Å². The van der Waals surface area contributed by atoms with Crippen molar-refractivity contribution in [2.24, 2.45) is 0 Å². The van der Waals surface area contributed by atoms with Gasteiger partial charge < -0.3 is 14.8 Å². The van der Waals surface area contributed by atoms with Gasteiger partial charge >= 0.3 is 0 Å². The number of hydrogen-bond donors (Lipinski definition) is 2. The molecule has 2 aromatic carbocycles. The van der Waals surface area contributed by atoms with E-state index in [2.05, 4.69) is 15.5 Å². The molecule has 0 aliphatic carbocycles. The van der Waals surface area contributed by atoms with Crippen LogP contribution in [0.3, 0.4) is 0 Å². The quantitative estimate of drug-likeness (QED) is 0.442. The second-order valence-corrected chi connectivity index (χ2v) is 7.87. The van der Waals surface area contributed by atoms with E-state index in [4.69, 9.17) is 0 Å². The molecule has 2 N–H and O–H groups in total. The second-order valence-electron chi connectivity index (χ2n) is 7.87. The van der Waals surface area contributed by atoms with Gasteiger partial charge in [-0.1, -0.05) is 36.4 Å². The minimum Gasteiger partial charge on any atom is -0.322 e. The predicted molar refractivity (Wildman–Crippen MR) is 128 cm³/mol. The molecule has 1 amide bonds. The van der Waals surface area contributed by atoms with Crippen LogP contribution in [0.1, 0.15) is 5.56 Å². The first-order chi connectivity index (χ1) is 15.5. The third-order valence-electron chi connectivity index (χ3n) is 5.11. The number of pyridine rings is 1. The number of para-hydroxylation sites is 1. The summed E-state index contributed by atoms with van der Waals surface area (Å²) in [6, 6.07) is 16.9. The molecule has 2 heterocycles. The van der Waals surface area contributed by atoms with Gasteiger partial charge in [0.05, 0.1) is 18.3 Å². The molecule has 0 aliphatic rings. The summed E-state index contributed by atoms with van der Waals surface area (Å²) in [7, 11) is 3.88. The number of rotatable bonds is 7. The molecule has 0 fully saturated rings. The number of likely N-dealkylation sites (N-methyl/N-ethyl adjacent to an activating group) is 1. The monoisotopic (exact) mass is 427 g/mol. The lowest BCUT2D eigenvalue weighted by Crippen LogP contribution is -2.20. The Balaban J connectivity index is 1.58. The molecule has 0 atom stereocenters. The summed E-state index contributed by atoms with van der Waals surface area (Å²) in [5.74, 6) is -0.201. The number of benzene rings is 2. The van der Waals surface area contributed by atoms with Gasteiger partial charge in [0, 0.05) is 36.0 Å². The van der Waals surface area contributed by atoms with Gasteiger partial charge in [-0.15, -0.1) is 0 Å². The molecule has 4 aromatic rings. The van der Waals surface area contributed by atoms with E-state index in [0.717, 1.165) is 27.6 Å². The number of nitrogens with zero attached hydrogens (tertiary/aromatic N) is 3. The highest BCUT2D eigenvalue weighted by molar-refractivity contribution is 5.99. The van der Waals surface area contributed by atoms with Crippen LogP contribution < -0.4 is 10.9 Å². The van der Waals surface area contributed by atoms with Crippen molar-refractivity contribution in [3.05, 3.63) is 95.1 Å². The SMILES string of the molecule is CN(C)C/C=C\C(=O)Nc1ccccc1Cn1cc(-c2ccc3cn[nH]c3c2)ccc1=O. The lowest BCUT2D eigenvalue weighted by Gasteiger charge is -2.13. The predicted octanol–water partition coefficient (Wildman–Crippen LogP) is 3.50. The first kappa shape index (κ1) is 21.3. The number of carbonyl (C=O) groups is 1. The lowest BCUT2D eigenvalue weighted by molar-refractivity contribution is -0.111. The Morgan fingerprint density at radius 2 is 1.94 bits per heavy atom. The zero-order valence-corrected chi connectivity index (χ0v) is 18.1. The van der Waals surface area contributed by atoms with Gasteiger partial charge in [0.25, 0.3) is 5.56 Å². The summed E-state index contributed by atoms with van der Waals surface area (Å²) in [4.78, 5) is 26.8. The maximum Gasteiger partial charge on any atom is 0.250 e. The van der Waals surface area contributed by atoms with Crippen molar-refractivity contribution in [2.45, 2.75) is 6.54 Å². The van der Waals surface area contributed by atoms with E-state index < -0.39 is 0 Å². The van der Waals surface area contributed by atoms with E-state index >= 15 is 0 Å². The number of carbonyl (C=O) groups excluding carboxylic acids is 1. The molecule has 4 rings (SSSR count). The Hall–Kier alpha value is -3.97. The Morgan fingerprint density at radius 3 is 2.78 bits per heavy atom. The molecule has 0 aliphatic heterocycles. The number of anilines is 1. The highest BCUT2D eigenvalue weighted by Gasteiger charge is 2.08. The zero-order chi connectivity index (χ0) is 22.5. The van der Waals surface area contributed by atoms with Gasteiger partial charge in [-0.2, -0.15) is 5.10 Å². The van der Waals surface area contributed by atoms with E-state index in [1.165, 1.54) is 6.08 Å². The zero-order valence-electron chi connectivity index (χ0n) is 18.1. The standard InChI is InChI=1S/C25H25N5O2/c1-29(2)13-5-8-24(31)27-22-7-4-3-6-21(22)17-30-16-20(11-12-25(30)32)18-9-10-19-15-26-28-23(19)14-18/h3-12,14-16H,13,17H2,1-2H3,(H,26,28)(H,27,31)/b8-5-. The van der Waals surface area contributed by atoms with E-state index in [0.29, 0.717) is 18.8 Å². The van der Waals surface area contributed by atoms with Gasteiger partial charge in [0.2, 0.25) is 5.91 Å². The Bertz CT molecular complexity index is 1330.